The van der Waals surface area contributed by atoms with E-state index in [-0.39, 0.29) is 23.3 Å². The van der Waals surface area contributed by atoms with E-state index in [4.69, 9.17) is 15.1 Å². The van der Waals surface area contributed by atoms with Crippen LogP contribution in [-0.4, -0.2) is 33.0 Å². The summed E-state index contributed by atoms with van der Waals surface area (Å²) in [6.07, 6.45) is 0.896. The molecule has 3 N–H and O–H groups in total. The Morgan fingerprint density at radius 1 is 1.34 bits per heavy atom. The number of carbonyl (C=O) groups is 1. The number of hydrogen-bond acceptors (Lipinski definition) is 6. The van der Waals surface area contributed by atoms with Crippen LogP contribution < -0.4 is 10.9 Å². The van der Waals surface area contributed by atoms with Gasteiger partial charge >= 0.3 is 5.97 Å². The minimum atomic E-state index is -2.08. The number of para-hydroxylation sites is 1. The molecule has 0 spiro atoms. The van der Waals surface area contributed by atoms with E-state index in [2.05, 4.69) is 5.32 Å². The van der Waals surface area contributed by atoms with Crippen LogP contribution in [0, 0.1) is 5.41 Å². The second kappa shape index (κ2) is 5.99. The number of fused-ring (bicyclic) bond motifs is 5. The Hall–Kier alpha value is -3.52. The summed E-state index contributed by atoms with van der Waals surface area (Å²) >= 11 is 0. The molecule has 2 unspecified atom stereocenters. The van der Waals surface area contributed by atoms with Crippen molar-refractivity contribution in [2.45, 2.75) is 31.7 Å². The van der Waals surface area contributed by atoms with E-state index >= 15 is 0 Å². The molecule has 4 heterocycles. The fourth-order valence-corrected chi connectivity index (χ4v) is 4.21. The maximum absolute atomic E-state index is 13.2. The molecule has 0 amide bonds. The van der Waals surface area contributed by atoms with Gasteiger partial charge in [-0.15, -0.1) is 0 Å². The minimum absolute atomic E-state index is 0.196. The molecule has 8 heteroatoms. The lowest BCUT2D eigenvalue weighted by molar-refractivity contribution is -0.174. The highest BCUT2D eigenvalue weighted by atomic mass is 16.6. The van der Waals surface area contributed by atoms with Crippen molar-refractivity contribution in [1.82, 2.24) is 14.9 Å². The quantitative estimate of drug-likeness (QED) is 0.275. The van der Waals surface area contributed by atoms with E-state index in [0.717, 1.165) is 22.8 Å². The normalized spacial score (nSPS) is 20.4. The van der Waals surface area contributed by atoms with Crippen LogP contribution in [0.4, 0.5) is 0 Å². The molecule has 8 nitrogen and oxygen atoms in total. The molecule has 2 aromatic heterocycles. The first-order valence-corrected chi connectivity index (χ1v) is 9.26. The topological polar surface area (TPSA) is 117 Å². The summed E-state index contributed by atoms with van der Waals surface area (Å²) in [6, 6.07) is 10.5. The zero-order valence-corrected chi connectivity index (χ0v) is 15.6. The number of nitrogens with zero attached hydrogens (tertiary/aromatic N) is 2. The Balaban J connectivity index is 1.77. The first-order chi connectivity index (χ1) is 13.9. The van der Waals surface area contributed by atoms with Crippen LogP contribution in [0.2, 0.25) is 0 Å². The van der Waals surface area contributed by atoms with Crippen molar-refractivity contribution in [2.24, 2.45) is 0 Å². The highest BCUT2D eigenvalue weighted by molar-refractivity contribution is 5.87. The molecule has 0 radical (unpaired) electrons. The van der Waals surface area contributed by atoms with Gasteiger partial charge in [0.15, 0.2) is 0 Å². The van der Waals surface area contributed by atoms with Gasteiger partial charge in [0, 0.05) is 16.5 Å². The predicted octanol–water partition coefficient (Wildman–Crippen LogP) is 1.25. The van der Waals surface area contributed by atoms with Crippen LogP contribution in [-0.2, 0) is 28.3 Å². The highest BCUT2D eigenvalue weighted by Crippen LogP contribution is 2.38. The number of ether oxygens (including phenoxy) is 1. The van der Waals surface area contributed by atoms with Crippen molar-refractivity contribution in [3.8, 4) is 11.4 Å². The first-order valence-electron chi connectivity index (χ1n) is 9.26. The number of hydrogen-bond donors (Lipinski definition) is 3. The summed E-state index contributed by atoms with van der Waals surface area (Å²) in [5.41, 5.74) is 0.985. The number of carbonyl (C=O) groups excluding carboxylic acids is 1. The van der Waals surface area contributed by atoms with Crippen molar-refractivity contribution < 1.29 is 14.6 Å². The molecule has 2 aliphatic heterocycles. The van der Waals surface area contributed by atoms with Crippen LogP contribution in [0.1, 0.15) is 23.6 Å². The van der Waals surface area contributed by atoms with Gasteiger partial charge in [0.1, 0.15) is 6.61 Å². The summed E-state index contributed by atoms with van der Waals surface area (Å²) in [6.45, 7) is 1.74. The van der Waals surface area contributed by atoms with Crippen LogP contribution in [0.25, 0.3) is 22.3 Å². The molecule has 0 bridgehead atoms. The van der Waals surface area contributed by atoms with Gasteiger partial charge < -0.3 is 19.7 Å². The van der Waals surface area contributed by atoms with Crippen molar-refractivity contribution >= 4 is 23.2 Å². The van der Waals surface area contributed by atoms with Gasteiger partial charge in [0.2, 0.25) is 5.60 Å². The molecular formula is C21H18N4O4. The molecular weight excluding hydrogens is 372 g/mol. The largest absolute Gasteiger partial charge is 0.458 e. The molecule has 0 aliphatic carbocycles. The monoisotopic (exact) mass is 390 g/mol. The van der Waals surface area contributed by atoms with E-state index in [1.807, 2.05) is 30.3 Å². The lowest BCUT2D eigenvalue weighted by Crippen LogP contribution is -2.55. The predicted molar refractivity (Wildman–Crippen MR) is 106 cm³/mol. The fraction of sp³-hybridized carbons (Fsp3) is 0.238. The van der Waals surface area contributed by atoms with Crippen LogP contribution in [0.15, 0.2) is 41.2 Å². The van der Waals surface area contributed by atoms with Gasteiger partial charge in [0.05, 0.1) is 41.4 Å². The second-order valence-corrected chi connectivity index (χ2v) is 7.38. The molecule has 1 aromatic carbocycles. The Morgan fingerprint density at radius 2 is 2.14 bits per heavy atom. The van der Waals surface area contributed by atoms with Gasteiger partial charge in [0.25, 0.3) is 5.56 Å². The Kier molecular flexibility index (Phi) is 3.63. The first kappa shape index (κ1) is 17.6. The number of cyclic esters (lactones) is 1. The average molecular weight is 390 g/mol. The molecule has 0 fully saturated rings. The number of aliphatic hydroxyl groups is 1. The van der Waals surface area contributed by atoms with Crippen molar-refractivity contribution in [1.29, 1.82) is 5.41 Å². The Bertz CT molecular complexity index is 1270. The summed E-state index contributed by atoms with van der Waals surface area (Å²) < 4.78 is 6.74. The third-order valence-electron chi connectivity index (χ3n) is 5.80. The lowest BCUT2D eigenvalue weighted by Gasteiger charge is -2.36. The molecule has 0 saturated heterocycles. The highest BCUT2D eigenvalue weighted by Gasteiger charge is 2.50. The number of benzene rings is 1. The summed E-state index contributed by atoms with van der Waals surface area (Å²) in [7, 11) is 0. The standard InChI is InChI=1S/C21H18N4O4/c1-11(23-10-22)21(28)15-7-17-18-13(6-12-4-2-3-5-16(12)24-18)8-25(17)19(26)14(15)9-29-20(21)27/h2-7,10-11,28H,8-9H2,1H3,(H2,22,23). The lowest BCUT2D eigenvalue weighted by atomic mass is 9.82. The average Bonchev–Trinajstić information content (AvgIpc) is 3.07. The van der Waals surface area contributed by atoms with E-state index < -0.39 is 17.6 Å². The van der Waals surface area contributed by atoms with Gasteiger partial charge in [-0.1, -0.05) is 18.2 Å². The van der Waals surface area contributed by atoms with Crippen LogP contribution >= 0.6 is 0 Å². The zero-order valence-electron chi connectivity index (χ0n) is 15.6. The minimum Gasteiger partial charge on any atom is -0.458 e. The molecule has 146 valence electrons. The number of esters is 1. The van der Waals surface area contributed by atoms with E-state index in [1.165, 1.54) is 0 Å². The van der Waals surface area contributed by atoms with Gasteiger partial charge in [-0.05, 0) is 25.1 Å². The Morgan fingerprint density at radius 3 is 2.93 bits per heavy atom. The fourth-order valence-electron chi connectivity index (χ4n) is 4.21. The molecule has 0 saturated carbocycles. The third-order valence-corrected chi connectivity index (χ3v) is 5.80. The van der Waals surface area contributed by atoms with Gasteiger partial charge in [-0.2, -0.15) is 0 Å². The van der Waals surface area contributed by atoms with Crippen molar-refractivity contribution in [3.63, 3.8) is 0 Å². The molecule has 5 rings (SSSR count). The molecule has 29 heavy (non-hydrogen) atoms. The van der Waals surface area contributed by atoms with Crippen LogP contribution in [0.5, 0.6) is 0 Å². The summed E-state index contributed by atoms with van der Waals surface area (Å²) in [5, 5.41) is 22.1. The number of aromatic nitrogens is 2. The third kappa shape index (κ3) is 2.29. The molecule has 2 aliphatic rings. The second-order valence-electron chi connectivity index (χ2n) is 7.38. The summed E-state index contributed by atoms with van der Waals surface area (Å²) in [5.74, 6) is -0.846. The Labute approximate surface area is 165 Å². The SMILES string of the molecule is CC(NC=N)C1(O)C(=O)OCc2c1cc1n(c2=O)Cc2cc3ccccc3nc2-1. The van der Waals surface area contributed by atoms with Crippen molar-refractivity contribution in [2.75, 3.05) is 0 Å². The smallest absolute Gasteiger partial charge is 0.345 e. The number of pyridine rings is 2. The van der Waals surface area contributed by atoms with Crippen molar-refractivity contribution in [3.05, 3.63) is 63.4 Å². The number of nitrogens with one attached hydrogen (secondary N) is 2. The maximum Gasteiger partial charge on any atom is 0.345 e. The molecule has 2 atom stereocenters. The van der Waals surface area contributed by atoms with E-state index in [0.29, 0.717) is 17.9 Å². The maximum atomic E-state index is 13.2. The molecule has 3 aromatic rings. The number of rotatable bonds is 3. The van der Waals surface area contributed by atoms with Gasteiger partial charge in [-0.25, -0.2) is 9.78 Å². The van der Waals surface area contributed by atoms with E-state index in [1.54, 1.807) is 17.6 Å². The summed E-state index contributed by atoms with van der Waals surface area (Å²) in [4.78, 5) is 30.5. The van der Waals surface area contributed by atoms with Gasteiger partial charge in [-0.3, -0.25) is 10.2 Å². The zero-order chi connectivity index (χ0) is 20.3. The van der Waals surface area contributed by atoms with Crippen LogP contribution in [0.3, 0.4) is 0 Å². The van der Waals surface area contributed by atoms with E-state index in [9.17, 15) is 14.7 Å².